The number of piperidine rings is 1. The van der Waals surface area contributed by atoms with E-state index in [0.29, 0.717) is 26.1 Å². The van der Waals surface area contributed by atoms with Gasteiger partial charge in [0.1, 0.15) is 6.04 Å². The Morgan fingerprint density at radius 2 is 2.19 bits per heavy atom. The molecule has 2 aliphatic heterocycles. The fraction of sp³-hybridized carbons (Fsp3) is 0.600. The molecule has 0 spiro atoms. The lowest BCUT2D eigenvalue weighted by molar-refractivity contribution is -0.133. The summed E-state index contributed by atoms with van der Waals surface area (Å²) in [4.78, 5) is 26.8. The number of likely N-dealkylation sites (tertiary alicyclic amines) is 1. The number of nitrogens with two attached hydrogens (primary N) is 1. The third kappa shape index (κ3) is 4.01. The molecule has 1 saturated heterocycles. The first-order valence-corrected chi connectivity index (χ1v) is 9.63. The number of amides is 2. The zero-order chi connectivity index (χ0) is 18.7. The molecule has 6 heteroatoms. The number of nitrogens with one attached hydrogen (secondary N) is 2. The van der Waals surface area contributed by atoms with Crippen LogP contribution in [0.15, 0.2) is 18.2 Å². The molecule has 1 aromatic carbocycles. The van der Waals surface area contributed by atoms with E-state index in [9.17, 15) is 9.59 Å². The molecule has 4 N–H and O–H groups in total. The molecule has 0 bridgehead atoms. The zero-order valence-corrected chi connectivity index (χ0v) is 15.8. The van der Waals surface area contributed by atoms with E-state index in [1.807, 2.05) is 11.0 Å². The SMILES string of the molecule is Cc1cccc2c1NC(C(=O)N[C@H]1CCN(C(=O)CCCN)C[C@H]1C)C2. The second-order valence-electron chi connectivity index (χ2n) is 7.62. The highest BCUT2D eigenvalue weighted by Gasteiger charge is 2.33. The normalized spacial score (nSPS) is 24.7. The number of rotatable bonds is 5. The number of hydrogen-bond donors (Lipinski definition) is 3. The first kappa shape index (κ1) is 18.7. The number of anilines is 1. The van der Waals surface area contributed by atoms with Crippen molar-refractivity contribution >= 4 is 17.5 Å². The molecule has 3 rings (SSSR count). The van der Waals surface area contributed by atoms with Gasteiger partial charge in [0.15, 0.2) is 0 Å². The van der Waals surface area contributed by atoms with Crippen molar-refractivity contribution in [3.05, 3.63) is 29.3 Å². The van der Waals surface area contributed by atoms with E-state index in [1.54, 1.807) is 0 Å². The van der Waals surface area contributed by atoms with Crippen LogP contribution >= 0.6 is 0 Å². The Bertz CT molecular complexity index is 676. The fourth-order valence-electron chi connectivity index (χ4n) is 3.99. The molecule has 2 amide bonds. The van der Waals surface area contributed by atoms with E-state index in [2.05, 4.69) is 36.6 Å². The number of para-hydroxylation sites is 1. The standard InChI is InChI=1S/C20H30N4O2/c1-13-5-3-6-15-11-17(22-19(13)15)20(26)23-16-8-10-24(12-14(16)2)18(25)7-4-9-21/h3,5-6,14,16-17,22H,4,7-12,21H2,1-2H3,(H,23,26)/t14-,16+,17?/m1/s1. The average Bonchev–Trinajstić information content (AvgIpc) is 3.07. The van der Waals surface area contributed by atoms with Gasteiger partial charge in [-0.05, 0) is 43.4 Å². The maximum atomic E-state index is 12.7. The predicted molar refractivity (Wildman–Crippen MR) is 103 cm³/mol. The molecule has 26 heavy (non-hydrogen) atoms. The summed E-state index contributed by atoms with van der Waals surface area (Å²) >= 11 is 0. The van der Waals surface area contributed by atoms with Crippen LogP contribution in [-0.4, -0.2) is 48.4 Å². The van der Waals surface area contributed by atoms with Crippen molar-refractivity contribution in [1.82, 2.24) is 10.2 Å². The van der Waals surface area contributed by atoms with E-state index >= 15 is 0 Å². The van der Waals surface area contributed by atoms with Crippen molar-refractivity contribution in [1.29, 1.82) is 0 Å². The quantitative estimate of drug-likeness (QED) is 0.743. The van der Waals surface area contributed by atoms with Crippen molar-refractivity contribution in [2.24, 2.45) is 11.7 Å². The highest BCUT2D eigenvalue weighted by atomic mass is 16.2. The number of hydrogen-bond acceptors (Lipinski definition) is 4. The van der Waals surface area contributed by atoms with Crippen LogP contribution in [0, 0.1) is 12.8 Å². The minimum absolute atomic E-state index is 0.0559. The van der Waals surface area contributed by atoms with Crippen molar-refractivity contribution < 1.29 is 9.59 Å². The van der Waals surface area contributed by atoms with E-state index in [4.69, 9.17) is 5.73 Å². The summed E-state index contributed by atoms with van der Waals surface area (Å²) in [5, 5.41) is 6.58. The minimum atomic E-state index is -0.206. The largest absolute Gasteiger partial charge is 0.373 e. The van der Waals surface area contributed by atoms with E-state index < -0.39 is 0 Å². The van der Waals surface area contributed by atoms with Gasteiger partial charge in [-0.1, -0.05) is 25.1 Å². The minimum Gasteiger partial charge on any atom is -0.373 e. The number of benzene rings is 1. The summed E-state index contributed by atoms with van der Waals surface area (Å²) < 4.78 is 0. The van der Waals surface area contributed by atoms with Crippen LogP contribution in [0.4, 0.5) is 5.69 Å². The van der Waals surface area contributed by atoms with Gasteiger partial charge in [0.2, 0.25) is 11.8 Å². The van der Waals surface area contributed by atoms with Crippen molar-refractivity contribution in [3.8, 4) is 0 Å². The first-order valence-electron chi connectivity index (χ1n) is 9.63. The van der Waals surface area contributed by atoms with Gasteiger partial charge in [-0.3, -0.25) is 9.59 Å². The van der Waals surface area contributed by atoms with E-state index in [-0.39, 0.29) is 29.8 Å². The number of aryl methyl sites for hydroxylation is 1. The molecule has 142 valence electrons. The van der Waals surface area contributed by atoms with Crippen LogP contribution in [0.5, 0.6) is 0 Å². The molecule has 2 heterocycles. The highest BCUT2D eigenvalue weighted by Crippen LogP contribution is 2.29. The Labute approximate surface area is 155 Å². The average molecular weight is 358 g/mol. The number of nitrogens with zero attached hydrogens (tertiary/aromatic N) is 1. The summed E-state index contributed by atoms with van der Waals surface area (Å²) in [6.45, 7) is 6.12. The van der Waals surface area contributed by atoms with Gasteiger partial charge < -0.3 is 21.3 Å². The zero-order valence-electron chi connectivity index (χ0n) is 15.8. The van der Waals surface area contributed by atoms with Crippen LogP contribution in [0.3, 0.4) is 0 Å². The lowest BCUT2D eigenvalue weighted by Crippen LogP contribution is -2.53. The van der Waals surface area contributed by atoms with Crippen molar-refractivity contribution in [3.63, 3.8) is 0 Å². The van der Waals surface area contributed by atoms with Gasteiger partial charge in [-0.2, -0.15) is 0 Å². The summed E-state index contributed by atoms with van der Waals surface area (Å²) in [6.07, 6.45) is 2.79. The van der Waals surface area contributed by atoms with Crippen LogP contribution in [0.1, 0.15) is 37.3 Å². The van der Waals surface area contributed by atoms with Crippen molar-refractivity contribution in [2.45, 2.75) is 51.6 Å². The van der Waals surface area contributed by atoms with Gasteiger partial charge in [-0.25, -0.2) is 0 Å². The van der Waals surface area contributed by atoms with Crippen molar-refractivity contribution in [2.75, 3.05) is 25.0 Å². The highest BCUT2D eigenvalue weighted by molar-refractivity contribution is 5.88. The molecule has 6 nitrogen and oxygen atoms in total. The smallest absolute Gasteiger partial charge is 0.243 e. The molecule has 2 aliphatic rings. The summed E-state index contributed by atoms with van der Waals surface area (Å²) in [5.41, 5.74) is 8.97. The molecule has 3 atom stereocenters. The molecule has 0 aromatic heterocycles. The third-order valence-electron chi connectivity index (χ3n) is 5.60. The maximum absolute atomic E-state index is 12.7. The lowest BCUT2D eigenvalue weighted by atomic mass is 9.93. The van der Waals surface area contributed by atoms with E-state index in [0.717, 1.165) is 24.9 Å². The maximum Gasteiger partial charge on any atom is 0.243 e. The number of carbonyl (C=O) groups excluding carboxylic acids is 2. The molecular weight excluding hydrogens is 328 g/mol. The van der Waals surface area contributed by atoms with Crippen LogP contribution in [-0.2, 0) is 16.0 Å². The topological polar surface area (TPSA) is 87.5 Å². The summed E-state index contributed by atoms with van der Waals surface area (Å²) in [5.74, 6) is 0.482. The van der Waals surface area contributed by atoms with Gasteiger partial charge >= 0.3 is 0 Å². The second kappa shape index (κ2) is 8.08. The summed E-state index contributed by atoms with van der Waals surface area (Å²) in [7, 11) is 0. The molecule has 1 aromatic rings. The lowest BCUT2D eigenvalue weighted by Gasteiger charge is -2.37. The fourth-order valence-corrected chi connectivity index (χ4v) is 3.99. The Morgan fingerprint density at radius 3 is 2.88 bits per heavy atom. The number of fused-ring (bicyclic) bond motifs is 1. The van der Waals surface area contributed by atoms with Crippen LogP contribution in [0.2, 0.25) is 0 Å². The van der Waals surface area contributed by atoms with E-state index in [1.165, 1.54) is 11.1 Å². The Balaban J connectivity index is 1.52. The van der Waals surface area contributed by atoms with Gasteiger partial charge in [0.25, 0.3) is 0 Å². The first-order chi connectivity index (χ1) is 12.5. The monoisotopic (exact) mass is 358 g/mol. The van der Waals surface area contributed by atoms with Crippen LogP contribution in [0.25, 0.3) is 0 Å². The molecule has 1 unspecified atom stereocenters. The molecule has 0 aliphatic carbocycles. The van der Waals surface area contributed by atoms with Gasteiger partial charge in [0.05, 0.1) is 0 Å². The number of carbonyl (C=O) groups is 2. The molecule has 0 radical (unpaired) electrons. The Hall–Kier alpha value is -2.08. The molecule has 1 fully saturated rings. The Morgan fingerprint density at radius 1 is 1.38 bits per heavy atom. The second-order valence-corrected chi connectivity index (χ2v) is 7.62. The molecular formula is C20H30N4O2. The third-order valence-corrected chi connectivity index (χ3v) is 5.60. The predicted octanol–water partition coefficient (Wildman–Crippen LogP) is 1.42. The molecule has 0 saturated carbocycles. The van der Waals surface area contributed by atoms with Gasteiger partial charge in [-0.15, -0.1) is 0 Å². The summed E-state index contributed by atoms with van der Waals surface area (Å²) in [6, 6.07) is 6.09. The van der Waals surface area contributed by atoms with Crippen LogP contribution < -0.4 is 16.4 Å². The Kier molecular flexibility index (Phi) is 5.81. The van der Waals surface area contributed by atoms with Gasteiger partial charge in [0, 0.05) is 37.7 Å².